The SMILES string of the molecule is C[C@@H]1CCc2nc3ccccc3c(C(=O)O[C@@H]3C[C@H](C)OC3=O)c2C1. The third kappa shape index (κ3) is 2.88. The molecule has 2 aromatic rings. The van der Waals surface area contributed by atoms with E-state index in [0.29, 0.717) is 17.9 Å². The van der Waals surface area contributed by atoms with E-state index in [0.717, 1.165) is 41.4 Å². The molecule has 0 N–H and O–H groups in total. The first kappa shape index (κ1) is 16.1. The van der Waals surface area contributed by atoms with Gasteiger partial charge in [0.25, 0.3) is 0 Å². The van der Waals surface area contributed by atoms with Gasteiger partial charge in [0.2, 0.25) is 6.10 Å². The lowest BCUT2D eigenvalue weighted by atomic mass is 9.84. The second kappa shape index (κ2) is 6.14. The first-order chi connectivity index (χ1) is 12.0. The Morgan fingerprint density at radius 1 is 1.28 bits per heavy atom. The molecule has 3 atom stereocenters. The smallest absolute Gasteiger partial charge is 0.347 e. The van der Waals surface area contributed by atoms with Gasteiger partial charge in [-0.3, -0.25) is 4.98 Å². The zero-order chi connectivity index (χ0) is 17.6. The molecule has 1 aromatic carbocycles. The maximum absolute atomic E-state index is 13.0. The summed E-state index contributed by atoms with van der Waals surface area (Å²) in [5.74, 6) is -0.403. The average Bonchev–Trinajstić information content (AvgIpc) is 2.89. The van der Waals surface area contributed by atoms with Crippen LogP contribution < -0.4 is 0 Å². The Bertz CT molecular complexity index is 860. The van der Waals surface area contributed by atoms with Gasteiger partial charge in [0.15, 0.2) is 0 Å². The Kier molecular flexibility index (Phi) is 3.94. The summed E-state index contributed by atoms with van der Waals surface area (Å²) in [4.78, 5) is 29.6. The van der Waals surface area contributed by atoms with E-state index in [1.807, 2.05) is 24.3 Å². The van der Waals surface area contributed by atoms with Crippen molar-refractivity contribution in [2.24, 2.45) is 5.92 Å². The molecule has 0 saturated carbocycles. The zero-order valence-corrected chi connectivity index (χ0v) is 14.5. The quantitative estimate of drug-likeness (QED) is 0.786. The monoisotopic (exact) mass is 339 g/mol. The van der Waals surface area contributed by atoms with Gasteiger partial charge in [-0.2, -0.15) is 0 Å². The highest BCUT2D eigenvalue weighted by Gasteiger charge is 2.36. The van der Waals surface area contributed by atoms with Crippen LogP contribution in [0.4, 0.5) is 0 Å². The van der Waals surface area contributed by atoms with Crippen molar-refractivity contribution in [3.63, 3.8) is 0 Å². The highest BCUT2D eigenvalue weighted by molar-refractivity contribution is 6.05. The fourth-order valence-electron chi connectivity index (χ4n) is 3.80. The molecule has 1 fully saturated rings. The summed E-state index contributed by atoms with van der Waals surface area (Å²) < 4.78 is 10.6. The minimum Gasteiger partial charge on any atom is -0.460 e. The van der Waals surface area contributed by atoms with Crippen LogP contribution in [0.15, 0.2) is 24.3 Å². The van der Waals surface area contributed by atoms with Crippen molar-refractivity contribution in [1.82, 2.24) is 4.98 Å². The minimum atomic E-state index is -0.814. The van der Waals surface area contributed by atoms with Crippen LogP contribution in [0.5, 0.6) is 0 Å². The van der Waals surface area contributed by atoms with E-state index in [2.05, 4.69) is 6.92 Å². The van der Waals surface area contributed by atoms with Crippen LogP contribution in [0.25, 0.3) is 10.9 Å². The number of benzene rings is 1. The summed E-state index contributed by atoms with van der Waals surface area (Å²) in [5, 5.41) is 0.791. The van der Waals surface area contributed by atoms with Crippen molar-refractivity contribution in [1.29, 1.82) is 0 Å². The van der Waals surface area contributed by atoms with Crippen LogP contribution in [0.3, 0.4) is 0 Å². The molecule has 1 aliphatic heterocycles. The van der Waals surface area contributed by atoms with E-state index in [1.165, 1.54) is 0 Å². The van der Waals surface area contributed by atoms with Crippen molar-refractivity contribution in [3.05, 3.63) is 41.1 Å². The highest BCUT2D eigenvalue weighted by atomic mass is 16.6. The van der Waals surface area contributed by atoms with Gasteiger partial charge < -0.3 is 9.47 Å². The Hall–Kier alpha value is -2.43. The predicted molar refractivity (Wildman–Crippen MR) is 92.3 cm³/mol. The Morgan fingerprint density at radius 3 is 2.84 bits per heavy atom. The van der Waals surface area contributed by atoms with E-state index >= 15 is 0 Å². The third-order valence-corrected chi connectivity index (χ3v) is 5.09. The number of carbonyl (C=O) groups is 2. The van der Waals surface area contributed by atoms with E-state index < -0.39 is 18.0 Å². The number of carbonyl (C=O) groups excluding carboxylic acids is 2. The Balaban J connectivity index is 1.78. The molecule has 1 aliphatic carbocycles. The molecule has 2 aliphatic rings. The summed E-state index contributed by atoms with van der Waals surface area (Å²) in [6.45, 7) is 3.99. The first-order valence-electron chi connectivity index (χ1n) is 8.85. The molecule has 0 unspecified atom stereocenters. The van der Waals surface area contributed by atoms with E-state index in [-0.39, 0.29) is 6.10 Å². The molecule has 0 bridgehead atoms. The van der Waals surface area contributed by atoms with Crippen molar-refractivity contribution in [3.8, 4) is 0 Å². The molecule has 25 heavy (non-hydrogen) atoms. The van der Waals surface area contributed by atoms with E-state index in [9.17, 15) is 9.59 Å². The van der Waals surface area contributed by atoms with Gasteiger partial charge in [0.05, 0.1) is 11.1 Å². The zero-order valence-electron chi connectivity index (χ0n) is 14.5. The molecular weight excluding hydrogens is 318 g/mol. The average molecular weight is 339 g/mol. The molecular formula is C20H21NO4. The van der Waals surface area contributed by atoms with Gasteiger partial charge in [-0.1, -0.05) is 25.1 Å². The number of hydrogen-bond donors (Lipinski definition) is 0. The fraction of sp³-hybridized carbons (Fsp3) is 0.450. The van der Waals surface area contributed by atoms with Gasteiger partial charge in [-0.25, -0.2) is 9.59 Å². The van der Waals surface area contributed by atoms with Gasteiger partial charge in [-0.05, 0) is 43.7 Å². The molecule has 0 spiro atoms. The Morgan fingerprint density at radius 2 is 2.08 bits per heavy atom. The van der Waals surface area contributed by atoms with Crippen molar-refractivity contribution in [2.45, 2.75) is 51.7 Å². The Labute approximate surface area is 146 Å². The van der Waals surface area contributed by atoms with Gasteiger partial charge >= 0.3 is 11.9 Å². The fourth-order valence-corrected chi connectivity index (χ4v) is 3.80. The van der Waals surface area contributed by atoms with Crippen LogP contribution >= 0.6 is 0 Å². The van der Waals surface area contributed by atoms with Crippen LogP contribution in [-0.4, -0.2) is 29.1 Å². The molecule has 130 valence electrons. The maximum Gasteiger partial charge on any atom is 0.347 e. The van der Waals surface area contributed by atoms with Gasteiger partial charge in [0, 0.05) is 17.5 Å². The summed E-state index contributed by atoms with van der Waals surface area (Å²) in [7, 11) is 0. The second-order valence-electron chi connectivity index (χ2n) is 7.15. The first-order valence-corrected chi connectivity index (χ1v) is 8.85. The highest BCUT2D eigenvalue weighted by Crippen LogP contribution is 2.32. The number of esters is 2. The largest absolute Gasteiger partial charge is 0.460 e. The van der Waals surface area contributed by atoms with Crippen LogP contribution in [-0.2, 0) is 27.1 Å². The third-order valence-electron chi connectivity index (χ3n) is 5.09. The predicted octanol–water partition coefficient (Wildman–Crippen LogP) is 3.22. The van der Waals surface area contributed by atoms with Crippen molar-refractivity contribution in [2.75, 3.05) is 0 Å². The maximum atomic E-state index is 13.0. The van der Waals surface area contributed by atoms with Crippen molar-refractivity contribution < 1.29 is 19.1 Å². The molecule has 4 rings (SSSR count). The number of pyridine rings is 1. The lowest BCUT2D eigenvalue weighted by Crippen LogP contribution is -2.25. The topological polar surface area (TPSA) is 65.5 Å². The number of cyclic esters (lactones) is 1. The number of fused-ring (bicyclic) bond motifs is 2. The molecule has 0 amide bonds. The lowest BCUT2D eigenvalue weighted by Gasteiger charge is -2.24. The minimum absolute atomic E-state index is 0.214. The van der Waals surface area contributed by atoms with Crippen LogP contribution in [0, 0.1) is 5.92 Å². The van der Waals surface area contributed by atoms with E-state index in [1.54, 1.807) is 6.92 Å². The van der Waals surface area contributed by atoms with Gasteiger partial charge in [0.1, 0.15) is 6.10 Å². The van der Waals surface area contributed by atoms with Gasteiger partial charge in [-0.15, -0.1) is 0 Å². The summed E-state index contributed by atoms with van der Waals surface area (Å²) in [6.07, 6.45) is 2.12. The lowest BCUT2D eigenvalue weighted by molar-refractivity contribution is -0.147. The van der Waals surface area contributed by atoms with Crippen LogP contribution in [0.2, 0.25) is 0 Å². The number of hydrogen-bond acceptors (Lipinski definition) is 5. The number of nitrogens with zero attached hydrogens (tertiary/aromatic N) is 1. The summed E-state index contributed by atoms with van der Waals surface area (Å²) >= 11 is 0. The molecule has 0 radical (unpaired) electrons. The second-order valence-corrected chi connectivity index (χ2v) is 7.15. The number of aryl methyl sites for hydroxylation is 1. The molecule has 1 aromatic heterocycles. The van der Waals surface area contributed by atoms with Crippen LogP contribution in [0.1, 0.15) is 48.3 Å². The summed E-state index contributed by atoms with van der Waals surface area (Å²) in [6, 6.07) is 7.62. The number of aromatic nitrogens is 1. The van der Waals surface area contributed by atoms with Crippen molar-refractivity contribution >= 4 is 22.8 Å². The molecule has 1 saturated heterocycles. The number of rotatable bonds is 2. The molecule has 5 heteroatoms. The number of para-hydroxylation sites is 1. The summed E-state index contributed by atoms with van der Waals surface area (Å²) in [5.41, 5.74) is 3.32. The standard InChI is InChI=1S/C20H21NO4/c1-11-7-8-16-14(9-11)18(13-5-3-4-6-15(13)21-16)20(23)25-17-10-12(2)24-19(17)22/h3-6,11-12,17H,7-10H2,1-2H3/t11-,12+,17-/m1/s1. The normalized spacial score (nSPS) is 25.5. The number of ether oxygens (including phenoxy) is 2. The molecule has 2 heterocycles. The molecule has 5 nitrogen and oxygen atoms in total. The van der Waals surface area contributed by atoms with E-state index in [4.69, 9.17) is 14.5 Å².